The van der Waals surface area contributed by atoms with Gasteiger partial charge in [0.15, 0.2) is 0 Å². The number of nitrogens with zero attached hydrogens (tertiary/aromatic N) is 1. The third-order valence-electron chi connectivity index (χ3n) is 3.42. The predicted octanol–water partition coefficient (Wildman–Crippen LogP) is 1.76. The summed E-state index contributed by atoms with van der Waals surface area (Å²) < 4.78 is 0. The maximum atomic E-state index is 11.3. The van der Waals surface area contributed by atoms with Crippen molar-refractivity contribution in [2.45, 2.75) is 19.0 Å². The minimum Gasteiger partial charge on any atom is -0.480 e. The van der Waals surface area contributed by atoms with Crippen LogP contribution in [0.4, 0.5) is 0 Å². The lowest BCUT2D eigenvalue weighted by atomic mass is 10.0. The number of halogens is 1. The molecule has 5 heteroatoms. The van der Waals surface area contributed by atoms with Crippen LogP contribution in [0.5, 0.6) is 0 Å². The number of benzene rings is 1. The van der Waals surface area contributed by atoms with Gasteiger partial charge in [0.05, 0.1) is 0 Å². The van der Waals surface area contributed by atoms with Crippen LogP contribution in [-0.2, 0) is 4.79 Å². The van der Waals surface area contributed by atoms with Crippen molar-refractivity contribution in [1.29, 1.82) is 0 Å². The van der Waals surface area contributed by atoms with Gasteiger partial charge in [0.2, 0.25) is 0 Å². The van der Waals surface area contributed by atoms with Crippen molar-refractivity contribution in [1.82, 2.24) is 10.2 Å². The zero-order valence-electron chi connectivity index (χ0n) is 10.3. The van der Waals surface area contributed by atoms with E-state index in [0.717, 1.165) is 18.7 Å². The summed E-state index contributed by atoms with van der Waals surface area (Å²) in [5.74, 6) is -0.775. The number of hydrogen-bond acceptors (Lipinski definition) is 3. The highest BCUT2D eigenvalue weighted by Crippen LogP contribution is 2.24. The molecule has 0 radical (unpaired) electrons. The van der Waals surface area contributed by atoms with E-state index in [1.165, 1.54) is 0 Å². The summed E-state index contributed by atoms with van der Waals surface area (Å²) in [5, 5.41) is 13.1. The van der Waals surface area contributed by atoms with Crippen molar-refractivity contribution < 1.29 is 9.90 Å². The van der Waals surface area contributed by atoms with Gasteiger partial charge in [-0.2, -0.15) is 0 Å². The first-order valence-corrected chi connectivity index (χ1v) is 6.42. The molecule has 0 aromatic heterocycles. The molecule has 0 amide bonds. The minimum atomic E-state index is -0.775. The Morgan fingerprint density at radius 3 is 2.78 bits per heavy atom. The molecule has 98 valence electrons. The molecule has 0 saturated carbocycles. The van der Waals surface area contributed by atoms with Crippen LogP contribution in [0.3, 0.4) is 0 Å². The molecule has 1 fully saturated rings. The fourth-order valence-electron chi connectivity index (χ4n) is 2.35. The van der Waals surface area contributed by atoms with E-state index in [2.05, 4.69) is 5.32 Å². The average molecular weight is 269 g/mol. The topological polar surface area (TPSA) is 52.6 Å². The second kappa shape index (κ2) is 5.69. The van der Waals surface area contributed by atoms with Gasteiger partial charge in [0.1, 0.15) is 6.04 Å². The van der Waals surface area contributed by atoms with Crippen LogP contribution in [-0.4, -0.2) is 41.7 Å². The van der Waals surface area contributed by atoms with Gasteiger partial charge in [0.25, 0.3) is 0 Å². The molecule has 1 heterocycles. The first-order valence-electron chi connectivity index (χ1n) is 6.04. The Morgan fingerprint density at radius 1 is 1.50 bits per heavy atom. The Hall–Kier alpha value is -1.10. The Balaban J connectivity index is 2.17. The standard InChI is InChI=1S/C13H17ClN2O2/c1-9(10-2-4-11(14)5-3-10)16-7-6-15-8-12(16)13(17)18/h2-5,9,12,15H,6-8H2,1H3,(H,17,18). The lowest BCUT2D eigenvalue weighted by Gasteiger charge is -2.38. The summed E-state index contributed by atoms with van der Waals surface area (Å²) in [6.45, 7) is 4.08. The molecule has 4 nitrogen and oxygen atoms in total. The molecule has 2 unspecified atom stereocenters. The van der Waals surface area contributed by atoms with Crippen molar-refractivity contribution in [2.24, 2.45) is 0 Å². The summed E-state index contributed by atoms with van der Waals surface area (Å²) in [6.07, 6.45) is 0. The normalized spacial score (nSPS) is 22.7. The van der Waals surface area contributed by atoms with Crippen molar-refractivity contribution in [2.75, 3.05) is 19.6 Å². The first kappa shape index (κ1) is 13.3. The van der Waals surface area contributed by atoms with Gasteiger partial charge in [-0.25, -0.2) is 0 Å². The number of aliphatic carboxylic acids is 1. The number of carbonyl (C=O) groups is 1. The number of piperazine rings is 1. The van der Waals surface area contributed by atoms with Crippen molar-refractivity contribution in [3.63, 3.8) is 0 Å². The van der Waals surface area contributed by atoms with Gasteiger partial charge in [-0.3, -0.25) is 9.69 Å². The number of carboxylic acid groups (broad SMARTS) is 1. The number of nitrogens with one attached hydrogen (secondary N) is 1. The van der Waals surface area contributed by atoms with E-state index in [0.29, 0.717) is 11.6 Å². The summed E-state index contributed by atoms with van der Waals surface area (Å²) in [6, 6.07) is 7.19. The number of hydrogen-bond donors (Lipinski definition) is 2. The van der Waals surface area contributed by atoms with Gasteiger partial charge < -0.3 is 10.4 Å². The maximum absolute atomic E-state index is 11.3. The summed E-state index contributed by atoms with van der Waals surface area (Å²) in [4.78, 5) is 13.3. The molecule has 2 atom stereocenters. The quantitative estimate of drug-likeness (QED) is 0.877. The van der Waals surface area contributed by atoms with Crippen LogP contribution in [0.2, 0.25) is 5.02 Å². The Morgan fingerprint density at radius 2 is 2.17 bits per heavy atom. The van der Waals surface area contributed by atoms with Gasteiger partial charge in [0, 0.05) is 30.7 Å². The Labute approximate surface area is 112 Å². The fourth-order valence-corrected chi connectivity index (χ4v) is 2.47. The van der Waals surface area contributed by atoms with Gasteiger partial charge in [-0.05, 0) is 24.6 Å². The third-order valence-corrected chi connectivity index (χ3v) is 3.67. The van der Waals surface area contributed by atoms with E-state index in [4.69, 9.17) is 11.6 Å². The van der Waals surface area contributed by atoms with Gasteiger partial charge >= 0.3 is 5.97 Å². The largest absolute Gasteiger partial charge is 0.480 e. The molecule has 1 aliphatic rings. The average Bonchev–Trinajstić information content (AvgIpc) is 2.39. The third kappa shape index (κ3) is 2.83. The minimum absolute atomic E-state index is 0.0745. The van der Waals surface area contributed by atoms with Crippen LogP contribution in [0, 0.1) is 0 Å². The van der Waals surface area contributed by atoms with Crippen LogP contribution in [0.15, 0.2) is 24.3 Å². The van der Waals surface area contributed by atoms with E-state index in [-0.39, 0.29) is 6.04 Å². The fraction of sp³-hybridized carbons (Fsp3) is 0.462. The molecule has 0 bridgehead atoms. The lowest BCUT2D eigenvalue weighted by Crippen LogP contribution is -2.55. The first-order chi connectivity index (χ1) is 8.59. The highest BCUT2D eigenvalue weighted by Gasteiger charge is 2.31. The van der Waals surface area contributed by atoms with Gasteiger partial charge in [-0.1, -0.05) is 23.7 Å². The summed E-state index contributed by atoms with van der Waals surface area (Å²) in [5.41, 5.74) is 1.09. The van der Waals surface area contributed by atoms with Crippen molar-refractivity contribution in [3.05, 3.63) is 34.9 Å². The highest BCUT2D eigenvalue weighted by atomic mass is 35.5. The SMILES string of the molecule is CC(c1ccc(Cl)cc1)N1CCNCC1C(=O)O. The summed E-state index contributed by atoms with van der Waals surface area (Å²) >= 11 is 5.86. The van der Waals surface area contributed by atoms with Crippen LogP contribution in [0.1, 0.15) is 18.5 Å². The summed E-state index contributed by atoms with van der Waals surface area (Å²) in [7, 11) is 0. The highest BCUT2D eigenvalue weighted by molar-refractivity contribution is 6.30. The van der Waals surface area contributed by atoms with Gasteiger partial charge in [-0.15, -0.1) is 0 Å². The van der Waals surface area contributed by atoms with E-state index in [1.54, 1.807) is 0 Å². The molecular formula is C13H17ClN2O2. The maximum Gasteiger partial charge on any atom is 0.322 e. The van der Waals surface area contributed by atoms with Crippen LogP contribution < -0.4 is 5.32 Å². The van der Waals surface area contributed by atoms with Crippen LogP contribution in [0.25, 0.3) is 0 Å². The zero-order chi connectivity index (χ0) is 13.1. The molecule has 2 rings (SSSR count). The lowest BCUT2D eigenvalue weighted by molar-refractivity contribution is -0.145. The second-order valence-corrected chi connectivity index (χ2v) is 4.96. The Kier molecular flexibility index (Phi) is 4.22. The molecule has 1 aromatic rings. The molecule has 18 heavy (non-hydrogen) atoms. The van der Waals surface area contributed by atoms with Crippen molar-refractivity contribution >= 4 is 17.6 Å². The van der Waals surface area contributed by atoms with Crippen molar-refractivity contribution in [3.8, 4) is 0 Å². The molecular weight excluding hydrogens is 252 g/mol. The Bertz CT molecular complexity index is 422. The monoisotopic (exact) mass is 268 g/mol. The molecule has 1 aromatic carbocycles. The van der Waals surface area contributed by atoms with E-state index >= 15 is 0 Å². The smallest absolute Gasteiger partial charge is 0.322 e. The van der Waals surface area contributed by atoms with E-state index in [1.807, 2.05) is 36.1 Å². The molecule has 1 saturated heterocycles. The number of rotatable bonds is 3. The predicted molar refractivity (Wildman–Crippen MR) is 70.9 cm³/mol. The molecule has 0 aliphatic carbocycles. The molecule has 1 aliphatic heterocycles. The van der Waals surface area contributed by atoms with Crippen LogP contribution >= 0.6 is 11.6 Å². The zero-order valence-corrected chi connectivity index (χ0v) is 11.0. The number of carboxylic acids is 1. The van der Waals surface area contributed by atoms with E-state index < -0.39 is 12.0 Å². The molecule has 2 N–H and O–H groups in total. The van der Waals surface area contributed by atoms with E-state index in [9.17, 15) is 9.90 Å². The molecule has 0 spiro atoms. The second-order valence-electron chi connectivity index (χ2n) is 4.52.